The Hall–Kier alpha value is -5.88. The highest BCUT2D eigenvalue weighted by Crippen LogP contribution is 2.31. The van der Waals surface area contributed by atoms with E-state index in [9.17, 15) is 4.79 Å². The summed E-state index contributed by atoms with van der Waals surface area (Å²) >= 11 is 0. The molecule has 0 aliphatic heterocycles. The lowest BCUT2D eigenvalue weighted by atomic mass is 10.1. The van der Waals surface area contributed by atoms with Gasteiger partial charge in [-0.05, 0) is 54.1 Å². The molecule has 9 heteroatoms. The number of pyridine rings is 3. The second-order valence-corrected chi connectivity index (χ2v) is 8.98. The van der Waals surface area contributed by atoms with Gasteiger partial charge in [0.25, 0.3) is 5.91 Å². The Morgan fingerprint density at radius 1 is 0.875 bits per heavy atom. The van der Waals surface area contributed by atoms with Gasteiger partial charge in [-0.25, -0.2) is 19.9 Å². The summed E-state index contributed by atoms with van der Waals surface area (Å²) in [6.45, 7) is 0.293. The van der Waals surface area contributed by atoms with Crippen LogP contribution in [-0.4, -0.2) is 30.4 Å². The van der Waals surface area contributed by atoms with E-state index in [1.807, 2.05) is 89.5 Å². The van der Waals surface area contributed by atoms with Gasteiger partial charge < -0.3 is 11.1 Å². The Morgan fingerprint density at radius 3 is 2.48 bits per heavy atom. The van der Waals surface area contributed by atoms with Crippen LogP contribution in [0.4, 0.5) is 5.82 Å². The van der Waals surface area contributed by atoms with Crippen LogP contribution >= 0.6 is 0 Å². The lowest BCUT2D eigenvalue weighted by Gasteiger charge is -2.12. The zero-order valence-corrected chi connectivity index (χ0v) is 21.2. The Labute approximate surface area is 229 Å². The van der Waals surface area contributed by atoms with Gasteiger partial charge in [0.05, 0.1) is 11.3 Å². The standard InChI is InChI=1S/C31H22N8O/c32-18-22-8-4-10-27(36-22)31(40)35-19-20-11-13-23(14-12-20)39-29(24-9-5-17-34-28(24)33)38-26-16-15-25(37-30(26)39)21-6-2-1-3-7-21/h1-17H,19H2,(H2,33,34)(H,35,40). The number of anilines is 1. The number of hydrogen-bond donors (Lipinski definition) is 2. The van der Waals surface area contributed by atoms with Crippen molar-refractivity contribution in [2.24, 2.45) is 0 Å². The van der Waals surface area contributed by atoms with Gasteiger partial charge in [0.2, 0.25) is 0 Å². The van der Waals surface area contributed by atoms with E-state index in [0.717, 1.165) is 28.0 Å². The molecule has 0 bridgehead atoms. The minimum atomic E-state index is -0.353. The van der Waals surface area contributed by atoms with E-state index in [4.69, 9.17) is 21.0 Å². The molecule has 0 aliphatic carbocycles. The summed E-state index contributed by atoms with van der Waals surface area (Å²) in [5.41, 5.74) is 12.3. The van der Waals surface area contributed by atoms with Crippen molar-refractivity contribution in [3.63, 3.8) is 0 Å². The van der Waals surface area contributed by atoms with Gasteiger partial charge in [0.1, 0.15) is 28.8 Å². The van der Waals surface area contributed by atoms with E-state index < -0.39 is 0 Å². The molecule has 0 saturated heterocycles. The number of nitrogens with two attached hydrogens (primary N) is 1. The van der Waals surface area contributed by atoms with E-state index in [-0.39, 0.29) is 17.3 Å². The largest absolute Gasteiger partial charge is 0.383 e. The number of nitrogen functional groups attached to an aromatic ring is 1. The first-order chi connectivity index (χ1) is 19.6. The molecule has 6 aromatic rings. The van der Waals surface area contributed by atoms with Crippen LogP contribution in [0.3, 0.4) is 0 Å². The highest BCUT2D eigenvalue weighted by atomic mass is 16.1. The molecule has 40 heavy (non-hydrogen) atoms. The Morgan fingerprint density at radius 2 is 1.70 bits per heavy atom. The minimum Gasteiger partial charge on any atom is -0.383 e. The van der Waals surface area contributed by atoms with E-state index in [2.05, 4.69) is 15.3 Å². The average molecular weight is 523 g/mol. The third-order valence-electron chi connectivity index (χ3n) is 6.40. The van der Waals surface area contributed by atoms with Crippen molar-refractivity contribution in [1.29, 1.82) is 5.26 Å². The van der Waals surface area contributed by atoms with Crippen molar-refractivity contribution < 1.29 is 4.79 Å². The maximum absolute atomic E-state index is 12.5. The van der Waals surface area contributed by atoms with Gasteiger partial charge in [-0.15, -0.1) is 0 Å². The SMILES string of the molecule is N#Cc1cccc(C(=O)NCc2ccc(-n3c(-c4cccnc4N)nc4ccc(-c5ccccc5)nc43)cc2)n1. The van der Waals surface area contributed by atoms with Crippen molar-refractivity contribution in [1.82, 2.24) is 29.8 Å². The number of aromatic nitrogens is 5. The number of imidazole rings is 1. The first-order valence-corrected chi connectivity index (χ1v) is 12.5. The molecule has 192 valence electrons. The maximum atomic E-state index is 12.5. The molecule has 4 aromatic heterocycles. The Bertz CT molecular complexity index is 1890. The number of amides is 1. The van der Waals surface area contributed by atoms with E-state index in [0.29, 0.717) is 29.4 Å². The summed E-state index contributed by atoms with van der Waals surface area (Å²) in [6.07, 6.45) is 1.65. The molecule has 2 aromatic carbocycles. The highest BCUT2D eigenvalue weighted by molar-refractivity contribution is 5.92. The predicted octanol–water partition coefficient (Wildman–Crippen LogP) is 4.93. The fourth-order valence-electron chi connectivity index (χ4n) is 4.42. The number of nitrogens with zero attached hydrogens (tertiary/aromatic N) is 6. The van der Waals surface area contributed by atoms with E-state index >= 15 is 0 Å². The molecule has 9 nitrogen and oxygen atoms in total. The van der Waals surface area contributed by atoms with Gasteiger partial charge in [0, 0.05) is 24.0 Å². The van der Waals surface area contributed by atoms with Crippen molar-refractivity contribution in [2.75, 3.05) is 5.73 Å². The fourth-order valence-corrected chi connectivity index (χ4v) is 4.42. The zero-order chi connectivity index (χ0) is 27.5. The number of carbonyl (C=O) groups is 1. The van der Waals surface area contributed by atoms with Crippen LogP contribution in [0.15, 0.2) is 103 Å². The molecule has 0 atom stereocenters. The minimum absolute atomic E-state index is 0.193. The number of fused-ring (bicyclic) bond motifs is 1. The second-order valence-electron chi connectivity index (χ2n) is 8.98. The first kappa shape index (κ1) is 24.5. The van der Waals surface area contributed by atoms with Gasteiger partial charge in [0.15, 0.2) is 11.5 Å². The van der Waals surface area contributed by atoms with Crippen LogP contribution in [-0.2, 0) is 6.54 Å². The summed E-state index contributed by atoms with van der Waals surface area (Å²) < 4.78 is 1.97. The Kier molecular flexibility index (Phi) is 6.40. The number of benzene rings is 2. The molecule has 4 heterocycles. The maximum Gasteiger partial charge on any atom is 0.270 e. The lowest BCUT2D eigenvalue weighted by Crippen LogP contribution is -2.24. The zero-order valence-electron chi connectivity index (χ0n) is 21.2. The quantitative estimate of drug-likeness (QED) is 0.317. The van der Waals surface area contributed by atoms with Gasteiger partial charge in [-0.1, -0.05) is 48.5 Å². The van der Waals surface area contributed by atoms with Gasteiger partial charge in [-0.2, -0.15) is 5.26 Å². The first-order valence-electron chi connectivity index (χ1n) is 12.5. The molecular formula is C31H22N8O. The summed E-state index contributed by atoms with van der Waals surface area (Å²) in [7, 11) is 0. The third kappa shape index (κ3) is 4.73. The van der Waals surface area contributed by atoms with Gasteiger partial charge in [-0.3, -0.25) is 9.36 Å². The lowest BCUT2D eigenvalue weighted by molar-refractivity contribution is 0.0946. The number of carbonyl (C=O) groups excluding carboxylic acids is 1. The molecule has 1 amide bonds. The van der Waals surface area contributed by atoms with Crippen molar-refractivity contribution in [3.8, 4) is 34.4 Å². The number of nitrogens with one attached hydrogen (secondary N) is 1. The number of nitriles is 1. The molecule has 0 spiro atoms. The highest BCUT2D eigenvalue weighted by Gasteiger charge is 2.19. The molecule has 3 N–H and O–H groups in total. The van der Waals surface area contributed by atoms with Crippen molar-refractivity contribution in [2.45, 2.75) is 6.54 Å². The van der Waals surface area contributed by atoms with Crippen molar-refractivity contribution in [3.05, 3.63) is 120 Å². The van der Waals surface area contributed by atoms with Crippen LogP contribution in [0, 0.1) is 11.3 Å². The molecule has 0 unspecified atom stereocenters. The molecule has 0 saturated carbocycles. The average Bonchev–Trinajstić information content (AvgIpc) is 3.39. The van der Waals surface area contributed by atoms with Crippen molar-refractivity contribution >= 4 is 22.9 Å². The van der Waals surface area contributed by atoms with Crippen LogP contribution in [0.5, 0.6) is 0 Å². The predicted molar refractivity (Wildman–Crippen MR) is 152 cm³/mol. The van der Waals surface area contributed by atoms with E-state index in [1.165, 1.54) is 0 Å². The van der Waals surface area contributed by atoms with Crippen LogP contribution < -0.4 is 11.1 Å². The van der Waals surface area contributed by atoms with Crippen LogP contribution in [0.2, 0.25) is 0 Å². The normalized spacial score (nSPS) is 10.8. The molecule has 0 aliphatic rings. The van der Waals surface area contributed by atoms with E-state index in [1.54, 1.807) is 24.4 Å². The number of rotatable bonds is 6. The summed E-state index contributed by atoms with van der Waals surface area (Å²) in [5.74, 6) is 0.646. The molecule has 0 radical (unpaired) electrons. The summed E-state index contributed by atoms with van der Waals surface area (Å²) in [6, 6.07) is 32.1. The summed E-state index contributed by atoms with van der Waals surface area (Å²) in [5, 5.41) is 11.9. The second kappa shape index (κ2) is 10.5. The fraction of sp³-hybridized carbons (Fsp3) is 0.0323. The smallest absolute Gasteiger partial charge is 0.270 e. The monoisotopic (exact) mass is 522 g/mol. The molecule has 6 rings (SSSR count). The molecule has 0 fully saturated rings. The molecular weight excluding hydrogens is 500 g/mol. The third-order valence-corrected chi connectivity index (χ3v) is 6.40. The number of hydrogen-bond acceptors (Lipinski definition) is 7. The topological polar surface area (TPSA) is 135 Å². The summed E-state index contributed by atoms with van der Waals surface area (Å²) in [4.78, 5) is 30.7. The van der Waals surface area contributed by atoms with Gasteiger partial charge >= 0.3 is 0 Å². The van der Waals surface area contributed by atoms with Crippen LogP contribution in [0.1, 0.15) is 21.7 Å². The van der Waals surface area contributed by atoms with Crippen LogP contribution in [0.25, 0.3) is 39.5 Å². The Balaban J connectivity index is 1.36.